The fourth-order valence-corrected chi connectivity index (χ4v) is 4.14. The first kappa shape index (κ1) is 17.8. The minimum atomic E-state index is -3.75. The van der Waals surface area contributed by atoms with E-state index in [1.807, 2.05) is 12.1 Å². The van der Waals surface area contributed by atoms with Crippen molar-refractivity contribution < 1.29 is 13.2 Å². The Labute approximate surface area is 152 Å². The van der Waals surface area contributed by atoms with Gasteiger partial charge in [0.05, 0.1) is 6.54 Å². The Bertz CT molecular complexity index is 887. The fourth-order valence-electron chi connectivity index (χ4n) is 2.87. The van der Waals surface area contributed by atoms with Crippen LogP contribution in [0.1, 0.15) is 12.0 Å². The van der Waals surface area contributed by atoms with E-state index in [1.54, 1.807) is 17.0 Å². The highest BCUT2D eigenvalue weighted by Gasteiger charge is 2.28. The van der Waals surface area contributed by atoms with Crippen LogP contribution in [0, 0.1) is 0 Å². The zero-order valence-electron chi connectivity index (χ0n) is 13.7. The molecule has 8 heteroatoms. The van der Waals surface area contributed by atoms with E-state index in [9.17, 15) is 13.2 Å². The summed E-state index contributed by atoms with van der Waals surface area (Å²) >= 11 is 6.02. The van der Waals surface area contributed by atoms with Crippen LogP contribution in [0.5, 0.6) is 0 Å². The highest BCUT2D eigenvalue weighted by atomic mass is 35.5. The Hall–Kier alpha value is -1.96. The molecule has 132 valence electrons. The van der Waals surface area contributed by atoms with Crippen LogP contribution >= 0.6 is 11.6 Å². The Kier molecular flexibility index (Phi) is 5.08. The number of rotatable bonds is 4. The first-order valence-electron chi connectivity index (χ1n) is 7.85. The second kappa shape index (κ2) is 7.11. The molecule has 6 nitrogen and oxygen atoms in total. The molecule has 1 aliphatic rings. The minimum absolute atomic E-state index is 0.0659. The number of benzene rings is 1. The van der Waals surface area contributed by atoms with Crippen molar-refractivity contribution in [1.29, 1.82) is 0 Å². The molecule has 2 heterocycles. The number of carbonyl (C=O) groups excluding carboxylic acids is 1. The topological polar surface area (TPSA) is 70.6 Å². The molecule has 1 aromatic carbocycles. The summed E-state index contributed by atoms with van der Waals surface area (Å²) in [6.45, 7) is 0.327. The number of aromatic nitrogens is 1. The van der Waals surface area contributed by atoms with Crippen molar-refractivity contribution in [3.8, 4) is 0 Å². The second-order valence-electron chi connectivity index (χ2n) is 5.87. The summed E-state index contributed by atoms with van der Waals surface area (Å²) in [7, 11) is -2.36. The van der Waals surface area contributed by atoms with Crippen LogP contribution in [-0.2, 0) is 21.2 Å². The van der Waals surface area contributed by atoms with Crippen LogP contribution in [0.2, 0.25) is 5.02 Å². The highest BCUT2D eigenvalue weighted by Crippen LogP contribution is 2.29. The molecule has 0 saturated carbocycles. The Balaban J connectivity index is 1.79. The number of pyridine rings is 1. The maximum Gasteiger partial charge on any atom is 0.244 e. The van der Waals surface area contributed by atoms with Gasteiger partial charge in [0.2, 0.25) is 15.9 Å². The van der Waals surface area contributed by atoms with E-state index < -0.39 is 10.0 Å². The summed E-state index contributed by atoms with van der Waals surface area (Å²) in [5.74, 6) is -0.266. The van der Waals surface area contributed by atoms with Gasteiger partial charge in [-0.1, -0.05) is 11.6 Å². The smallest absolute Gasteiger partial charge is 0.244 e. The number of hydrogen-bond acceptors (Lipinski definition) is 4. The summed E-state index contributed by atoms with van der Waals surface area (Å²) < 4.78 is 26.1. The predicted octanol–water partition coefficient (Wildman–Crippen LogP) is 2.33. The number of hydrogen-bond donors (Lipinski definition) is 0. The molecular weight excluding hydrogens is 362 g/mol. The molecular formula is C17H18ClN3O3S. The summed E-state index contributed by atoms with van der Waals surface area (Å²) in [4.78, 5) is 18.2. The molecule has 0 radical (unpaired) electrons. The van der Waals surface area contributed by atoms with Gasteiger partial charge in [0, 0.05) is 36.7 Å². The molecule has 2 aromatic rings. The highest BCUT2D eigenvalue weighted by molar-refractivity contribution is 7.89. The van der Waals surface area contributed by atoms with Crippen LogP contribution in [0.15, 0.2) is 47.6 Å². The van der Waals surface area contributed by atoms with E-state index in [0.717, 1.165) is 28.4 Å². The van der Waals surface area contributed by atoms with Gasteiger partial charge in [-0.05, 0) is 48.7 Å². The number of nitrogens with zero attached hydrogens (tertiary/aromatic N) is 3. The molecule has 1 aromatic heterocycles. The van der Waals surface area contributed by atoms with Crippen molar-refractivity contribution in [3.05, 3.63) is 53.3 Å². The SMILES string of the molecule is CN(CC(=O)N1CCCc2cc(Cl)ccc21)S(=O)(=O)c1cccnc1. The van der Waals surface area contributed by atoms with E-state index in [1.165, 1.54) is 25.5 Å². The van der Waals surface area contributed by atoms with E-state index in [4.69, 9.17) is 11.6 Å². The number of anilines is 1. The summed E-state index contributed by atoms with van der Waals surface area (Å²) in [5, 5.41) is 0.629. The quantitative estimate of drug-likeness (QED) is 0.817. The maximum absolute atomic E-state index is 12.7. The standard InChI is InChI=1S/C17H18ClN3O3S/c1-20(25(23,24)15-5-2-8-19-11-15)12-17(22)21-9-3-4-13-10-14(18)6-7-16(13)21/h2,5-8,10-11H,3-4,9,12H2,1H3. The lowest BCUT2D eigenvalue weighted by atomic mass is 10.0. The molecule has 1 amide bonds. The fraction of sp³-hybridized carbons (Fsp3) is 0.294. The second-order valence-corrected chi connectivity index (χ2v) is 8.35. The van der Waals surface area contributed by atoms with Gasteiger partial charge in [0.15, 0.2) is 0 Å². The zero-order valence-corrected chi connectivity index (χ0v) is 15.3. The van der Waals surface area contributed by atoms with E-state index >= 15 is 0 Å². The third-order valence-corrected chi connectivity index (χ3v) is 6.18. The lowest BCUT2D eigenvalue weighted by Crippen LogP contribution is -2.43. The maximum atomic E-state index is 12.7. The molecule has 0 unspecified atom stereocenters. The molecule has 0 bridgehead atoms. The number of amides is 1. The average Bonchev–Trinajstić information content (AvgIpc) is 2.61. The number of sulfonamides is 1. The van der Waals surface area contributed by atoms with Crippen LogP contribution in [-0.4, -0.2) is 43.8 Å². The van der Waals surface area contributed by atoms with Crippen LogP contribution in [0.25, 0.3) is 0 Å². The van der Waals surface area contributed by atoms with Crippen LogP contribution < -0.4 is 4.90 Å². The summed E-state index contributed by atoms with van der Waals surface area (Å²) in [6.07, 6.45) is 4.44. The van der Waals surface area contributed by atoms with Gasteiger partial charge in [-0.3, -0.25) is 9.78 Å². The Morgan fingerprint density at radius 2 is 2.16 bits per heavy atom. The van der Waals surface area contributed by atoms with Crippen molar-refractivity contribution in [1.82, 2.24) is 9.29 Å². The first-order chi connectivity index (χ1) is 11.9. The van der Waals surface area contributed by atoms with E-state index in [2.05, 4.69) is 4.98 Å². The number of aryl methyl sites for hydroxylation is 1. The molecule has 0 aliphatic carbocycles. The summed E-state index contributed by atoms with van der Waals surface area (Å²) in [6, 6.07) is 8.41. The third-order valence-electron chi connectivity index (χ3n) is 4.16. The average molecular weight is 380 g/mol. The Morgan fingerprint density at radius 3 is 2.88 bits per heavy atom. The Morgan fingerprint density at radius 1 is 1.36 bits per heavy atom. The van der Waals surface area contributed by atoms with Crippen molar-refractivity contribution in [3.63, 3.8) is 0 Å². The normalized spacial score (nSPS) is 14.4. The number of halogens is 1. The van der Waals surface area contributed by atoms with Gasteiger partial charge in [0.1, 0.15) is 4.90 Å². The largest absolute Gasteiger partial charge is 0.311 e. The van der Waals surface area contributed by atoms with Gasteiger partial charge >= 0.3 is 0 Å². The van der Waals surface area contributed by atoms with Gasteiger partial charge in [-0.15, -0.1) is 0 Å². The van der Waals surface area contributed by atoms with Crippen molar-refractivity contribution >= 4 is 33.2 Å². The van der Waals surface area contributed by atoms with Gasteiger partial charge < -0.3 is 4.90 Å². The summed E-state index contributed by atoms with van der Waals surface area (Å²) in [5.41, 5.74) is 1.80. The molecule has 0 saturated heterocycles. The number of likely N-dealkylation sites (N-methyl/N-ethyl adjacent to an activating group) is 1. The van der Waals surface area contributed by atoms with E-state index in [-0.39, 0.29) is 17.3 Å². The van der Waals surface area contributed by atoms with Gasteiger partial charge in [-0.2, -0.15) is 4.31 Å². The molecule has 0 N–H and O–H groups in total. The first-order valence-corrected chi connectivity index (χ1v) is 9.66. The molecule has 1 aliphatic heterocycles. The minimum Gasteiger partial charge on any atom is -0.311 e. The molecule has 3 rings (SSSR count). The molecule has 0 spiro atoms. The van der Waals surface area contributed by atoms with Gasteiger partial charge in [-0.25, -0.2) is 8.42 Å². The lowest BCUT2D eigenvalue weighted by Gasteiger charge is -2.31. The van der Waals surface area contributed by atoms with Gasteiger partial charge in [0.25, 0.3) is 0 Å². The zero-order chi connectivity index (χ0) is 18.0. The van der Waals surface area contributed by atoms with Crippen molar-refractivity contribution in [2.24, 2.45) is 0 Å². The number of fused-ring (bicyclic) bond motifs is 1. The van der Waals surface area contributed by atoms with Crippen LogP contribution in [0.4, 0.5) is 5.69 Å². The lowest BCUT2D eigenvalue weighted by molar-refractivity contribution is -0.118. The number of carbonyl (C=O) groups is 1. The predicted molar refractivity (Wildman–Crippen MR) is 96.2 cm³/mol. The van der Waals surface area contributed by atoms with E-state index in [0.29, 0.717) is 11.6 Å². The van der Waals surface area contributed by atoms with Crippen molar-refractivity contribution in [2.75, 3.05) is 25.0 Å². The molecule has 0 atom stereocenters. The monoisotopic (exact) mass is 379 g/mol. The molecule has 25 heavy (non-hydrogen) atoms. The van der Waals surface area contributed by atoms with Crippen molar-refractivity contribution in [2.45, 2.75) is 17.7 Å². The van der Waals surface area contributed by atoms with Crippen LogP contribution in [0.3, 0.4) is 0 Å². The molecule has 0 fully saturated rings. The third kappa shape index (κ3) is 3.68.